The highest BCUT2D eigenvalue weighted by Gasteiger charge is 2.19. The van der Waals surface area contributed by atoms with Crippen LogP contribution in [-0.2, 0) is 28.6 Å². The molecule has 0 amide bonds. The molecular weight excluding hydrogens is 1020 g/mol. The predicted molar refractivity (Wildman–Crippen MR) is 361 cm³/mol. The van der Waals surface area contributed by atoms with Crippen molar-refractivity contribution in [2.24, 2.45) is 0 Å². The maximum atomic E-state index is 12.9. The van der Waals surface area contributed by atoms with Crippen LogP contribution >= 0.6 is 0 Å². The van der Waals surface area contributed by atoms with Crippen LogP contribution < -0.4 is 0 Å². The molecule has 0 fully saturated rings. The molecule has 0 aromatic rings. The summed E-state index contributed by atoms with van der Waals surface area (Å²) < 4.78 is 16.8. The van der Waals surface area contributed by atoms with E-state index in [1.807, 2.05) is 0 Å². The van der Waals surface area contributed by atoms with Gasteiger partial charge in [0, 0.05) is 19.3 Å². The largest absolute Gasteiger partial charge is 0.462 e. The Morgan fingerprint density at radius 1 is 0.241 bits per heavy atom. The number of unbranched alkanes of at least 4 members (excludes halogenated alkanes) is 8. The molecule has 0 aliphatic carbocycles. The van der Waals surface area contributed by atoms with Crippen molar-refractivity contribution >= 4 is 17.9 Å². The number of esters is 3. The van der Waals surface area contributed by atoms with E-state index in [1.54, 1.807) is 0 Å². The van der Waals surface area contributed by atoms with Crippen molar-refractivity contribution in [1.82, 2.24) is 0 Å². The summed E-state index contributed by atoms with van der Waals surface area (Å²) in [6, 6.07) is 0. The first-order valence-corrected chi connectivity index (χ1v) is 32.2. The van der Waals surface area contributed by atoms with Gasteiger partial charge in [-0.15, -0.1) is 0 Å². The van der Waals surface area contributed by atoms with Crippen LogP contribution in [0.15, 0.2) is 219 Å². The molecule has 0 radical (unpaired) electrons. The van der Waals surface area contributed by atoms with Gasteiger partial charge in [0.25, 0.3) is 0 Å². The van der Waals surface area contributed by atoms with Gasteiger partial charge in [0.05, 0.1) is 0 Å². The van der Waals surface area contributed by atoms with Crippen LogP contribution in [0.5, 0.6) is 0 Å². The maximum absolute atomic E-state index is 12.9. The molecule has 6 heteroatoms. The summed E-state index contributed by atoms with van der Waals surface area (Å²) in [5, 5.41) is 0. The highest BCUT2D eigenvalue weighted by atomic mass is 16.6. The molecule has 0 bridgehead atoms. The number of ether oxygens (including phenoxy) is 3. The monoisotopic (exact) mass is 1130 g/mol. The van der Waals surface area contributed by atoms with Crippen molar-refractivity contribution in [3.8, 4) is 0 Å². The lowest BCUT2D eigenvalue weighted by molar-refractivity contribution is -0.167. The molecule has 0 N–H and O–H groups in total. The van der Waals surface area contributed by atoms with E-state index in [4.69, 9.17) is 14.2 Å². The van der Waals surface area contributed by atoms with E-state index in [9.17, 15) is 14.4 Å². The van der Waals surface area contributed by atoms with E-state index in [0.717, 1.165) is 167 Å². The molecular formula is C77H114O6. The van der Waals surface area contributed by atoms with Crippen LogP contribution in [0.3, 0.4) is 0 Å². The fraction of sp³-hybridized carbons (Fsp3) is 0.494. The van der Waals surface area contributed by atoms with Gasteiger partial charge in [-0.2, -0.15) is 0 Å². The molecule has 0 aliphatic rings. The molecule has 458 valence electrons. The minimum atomic E-state index is -0.844. The molecule has 0 aromatic carbocycles. The quantitative estimate of drug-likeness (QED) is 0.0261. The van der Waals surface area contributed by atoms with E-state index in [1.165, 1.54) is 0 Å². The normalized spacial score (nSPS) is 13.6. The maximum Gasteiger partial charge on any atom is 0.306 e. The number of rotatable bonds is 55. The third-order valence-corrected chi connectivity index (χ3v) is 12.5. The highest BCUT2D eigenvalue weighted by molar-refractivity contribution is 5.71. The molecule has 0 rings (SSSR count). The standard InChI is InChI=1S/C77H114O6/c1-4-7-10-13-16-19-22-25-28-30-32-34-36-37-38-39-41-42-44-46-49-52-55-58-61-64-67-70-76(79)82-73-74(72-81-75(78)69-66-63-60-57-54-51-48-27-24-21-18-15-12-9-6-3)83-77(80)71-68-65-62-59-56-53-50-47-45-43-40-35-33-31-29-26-23-20-17-14-11-8-5-2/h7-12,16-21,25-29,32-35,37-38,41-43,45-46,48-50,53-55,57-58,74H,4-6,13-15,22-24,30-31,36,39-40,44,47,51-52,56,59-73H2,1-3H3/b10-7-,11-8-,12-9-,19-16-,20-17-,21-18-,28-25-,29-26-,34-32-,35-33-,38-37-,42-41-,45-43-,48-27-,49-46-,53-50-,57-54-,58-55-. The van der Waals surface area contributed by atoms with Gasteiger partial charge in [0.15, 0.2) is 6.10 Å². The number of hydrogen-bond donors (Lipinski definition) is 0. The Morgan fingerprint density at radius 3 is 0.687 bits per heavy atom. The van der Waals surface area contributed by atoms with Gasteiger partial charge in [-0.3, -0.25) is 14.4 Å². The van der Waals surface area contributed by atoms with E-state index in [-0.39, 0.29) is 50.4 Å². The fourth-order valence-electron chi connectivity index (χ4n) is 7.74. The average molecular weight is 1140 g/mol. The lowest BCUT2D eigenvalue weighted by Gasteiger charge is -2.18. The van der Waals surface area contributed by atoms with Crippen molar-refractivity contribution in [2.75, 3.05) is 13.2 Å². The van der Waals surface area contributed by atoms with E-state index < -0.39 is 6.10 Å². The van der Waals surface area contributed by atoms with Gasteiger partial charge in [-0.05, 0) is 173 Å². The summed E-state index contributed by atoms with van der Waals surface area (Å²) in [6.45, 7) is 6.18. The van der Waals surface area contributed by atoms with Gasteiger partial charge >= 0.3 is 17.9 Å². The molecule has 0 spiro atoms. The Kier molecular flexibility index (Phi) is 63.1. The minimum absolute atomic E-state index is 0.138. The number of allylic oxidation sites excluding steroid dienone is 36. The predicted octanol–water partition coefficient (Wildman–Crippen LogP) is 22.5. The Bertz CT molecular complexity index is 2080. The van der Waals surface area contributed by atoms with E-state index in [2.05, 4.69) is 240 Å². The first-order valence-electron chi connectivity index (χ1n) is 32.2. The van der Waals surface area contributed by atoms with Gasteiger partial charge in [0.2, 0.25) is 0 Å². The molecule has 0 saturated carbocycles. The van der Waals surface area contributed by atoms with Crippen LogP contribution in [-0.4, -0.2) is 37.2 Å². The van der Waals surface area contributed by atoms with E-state index >= 15 is 0 Å². The molecule has 83 heavy (non-hydrogen) atoms. The number of carbonyl (C=O) groups excluding carboxylic acids is 3. The van der Waals surface area contributed by atoms with Crippen LogP contribution in [0, 0.1) is 0 Å². The van der Waals surface area contributed by atoms with Crippen molar-refractivity contribution in [2.45, 2.75) is 232 Å². The van der Waals surface area contributed by atoms with Crippen molar-refractivity contribution in [3.63, 3.8) is 0 Å². The summed E-state index contributed by atoms with van der Waals surface area (Å²) >= 11 is 0. The Balaban J connectivity index is 4.60. The first-order chi connectivity index (χ1) is 41.0. The molecule has 6 nitrogen and oxygen atoms in total. The summed E-state index contributed by atoms with van der Waals surface area (Å²) in [4.78, 5) is 38.3. The summed E-state index contributed by atoms with van der Waals surface area (Å²) in [5.41, 5.74) is 0. The molecule has 1 atom stereocenters. The SMILES string of the molecule is CC/C=C\C/C=C\C/C=C\C/C=C\C/C=C\C/C=C\C/C=C\C/C=C\CCCCC(=O)OCC(COC(=O)CCCC/C=C\C/C=C\C/C=C\C/C=C\CC)OC(=O)CCCCCC/C=C\C/C=C\C/C=C\C/C=C\C/C=C\C/C=C\CC. The Morgan fingerprint density at radius 2 is 0.434 bits per heavy atom. The summed E-state index contributed by atoms with van der Waals surface area (Å²) in [6.07, 6.45) is 107. The topological polar surface area (TPSA) is 78.9 Å². The second-order valence-corrected chi connectivity index (χ2v) is 20.2. The van der Waals surface area contributed by atoms with Crippen molar-refractivity contribution in [1.29, 1.82) is 0 Å². The Hall–Kier alpha value is -6.27. The number of carbonyl (C=O) groups is 3. The lowest BCUT2D eigenvalue weighted by atomic mass is 10.1. The van der Waals surface area contributed by atoms with Crippen LogP contribution in [0.4, 0.5) is 0 Å². The van der Waals surface area contributed by atoms with Crippen LogP contribution in [0.1, 0.15) is 226 Å². The summed E-state index contributed by atoms with van der Waals surface area (Å²) in [7, 11) is 0. The van der Waals surface area contributed by atoms with Crippen molar-refractivity contribution < 1.29 is 28.6 Å². The van der Waals surface area contributed by atoms with Crippen LogP contribution in [0.2, 0.25) is 0 Å². The van der Waals surface area contributed by atoms with Gasteiger partial charge < -0.3 is 14.2 Å². The molecule has 1 unspecified atom stereocenters. The lowest BCUT2D eigenvalue weighted by Crippen LogP contribution is -2.30. The molecule has 0 heterocycles. The summed E-state index contributed by atoms with van der Waals surface area (Å²) in [5.74, 6) is -1.06. The minimum Gasteiger partial charge on any atom is -0.462 e. The highest BCUT2D eigenvalue weighted by Crippen LogP contribution is 2.11. The Labute approximate surface area is 508 Å². The third kappa shape index (κ3) is 66.4. The van der Waals surface area contributed by atoms with Crippen LogP contribution in [0.25, 0.3) is 0 Å². The smallest absolute Gasteiger partial charge is 0.306 e. The van der Waals surface area contributed by atoms with Gasteiger partial charge in [-0.1, -0.05) is 252 Å². The van der Waals surface area contributed by atoms with Crippen molar-refractivity contribution in [3.05, 3.63) is 219 Å². The number of hydrogen-bond acceptors (Lipinski definition) is 6. The average Bonchev–Trinajstić information content (AvgIpc) is 3.49. The first kappa shape index (κ1) is 76.7. The van der Waals surface area contributed by atoms with E-state index in [0.29, 0.717) is 19.3 Å². The second-order valence-electron chi connectivity index (χ2n) is 20.2. The van der Waals surface area contributed by atoms with Gasteiger partial charge in [-0.25, -0.2) is 0 Å². The second kappa shape index (κ2) is 68.2. The zero-order chi connectivity index (χ0) is 59.9. The molecule has 0 saturated heterocycles. The zero-order valence-electron chi connectivity index (χ0n) is 52.4. The fourth-order valence-corrected chi connectivity index (χ4v) is 7.74. The zero-order valence-corrected chi connectivity index (χ0v) is 52.4. The van der Waals surface area contributed by atoms with Gasteiger partial charge in [0.1, 0.15) is 13.2 Å². The molecule has 0 aromatic heterocycles. The third-order valence-electron chi connectivity index (χ3n) is 12.5. The molecule has 0 aliphatic heterocycles.